The summed E-state index contributed by atoms with van der Waals surface area (Å²) in [5, 5.41) is 3.74. The van der Waals surface area contributed by atoms with Crippen molar-refractivity contribution in [2.24, 2.45) is 5.92 Å². The van der Waals surface area contributed by atoms with Gasteiger partial charge in [-0.05, 0) is 55.2 Å². The Labute approximate surface area is 205 Å². The molecule has 10 heteroatoms. The molecule has 1 aliphatic heterocycles. The van der Waals surface area contributed by atoms with Gasteiger partial charge in [-0.3, -0.25) is 4.79 Å². The molecule has 1 N–H and O–H groups in total. The highest BCUT2D eigenvalue weighted by atomic mass is 35.5. The maximum Gasteiger partial charge on any atom is 0.295 e. The lowest BCUT2D eigenvalue weighted by molar-refractivity contribution is 0.0539. The molecule has 0 radical (unpaired) electrons. The lowest BCUT2D eigenvalue weighted by Gasteiger charge is -2.40. The summed E-state index contributed by atoms with van der Waals surface area (Å²) in [6.45, 7) is 2.91. The van der Waals surface area contributed by atoms with Crippen molar-refractivity contribution in [3.63, 3.8) is 0 Å². The van der Waals surface area contributed by atoms with Crippen LogP contribution in [0.25, 0.3) is 22.5 Å². The van der Waals surface area contributed by atoms with E-state index in [-0.39, 0.29) is 28.9 Å². The van der Waals surface area contributed by atoms with Crippen molar-refractivity contribution in [1.82, 2.24) is 19.9 Å². The molecule has 2 atom stereocenters. The van der Waals surface area contributed by atoms with Crippen molar-refractivity contribution < 1.29 is 18.0 Å². The second-order valence-electron chi connectivity index (χ2n) is 8.55. The molecule has 3 heterocycles. The van der Waals surface area contributed by atoms with Crippen LogP contribution in [0, 0.1) is 17.6 Å². The number of nitrogens with one attached hydrogen (secondary N) is 1. The van der Waals surface area contributed by atoms with Crippen molar-refractivity contribution in [2.75, 3.05) is 18.4 Å². The zero-order valence-corrected chi connectivity index (χ0v) is 19.6. The van der Waals surface area contributed by atoms with Crippen LogP contribution < -0.4 is 5.32 Å². The van der Waals surface area contributed by atoms with E-state index in [0.29, 0.717) is 35.2 Å². The summed E-state index contributed by atoms with van der Waals surface area (Å²) in [4.78, 5) is 27.9. The molecule has 2 aromatic carbocycles. The van der Waals surface area contributed by atoms with E-state index in [1.54, 1.807) is 29.2 Å². The van der Waals surface area contributed by atoms with Gasteiger partial charge in [0, 0.05) is 30.5 Å². The molecule has 1 amide bonds. The van der Waals surface area contributed by atoms with E-state index >= 15 is 0 Å². The predicted molar refractivity (Wildman–Crippen MR) is 128 cm³/mol. The summed E-state index contributed by atoms with van der Waals surface area (Å²) in [6, 6.07) is 9.08. The SMILES string of the molecule is CC1CCCN(C(=O)c2ccc(F)c(F)c2-c2ncccn2)C1CNc1nc2cc(Cl)ccc2o1. The number of nitrogens with zero attached hydrogens (tertiary/aromatic N) is 4. The largest absolute Gasteiger partial charge is 0.424 e. The Kier molecular flexibility index (Phi) is 6.34. The first-order valence-electron chi connectivity index (χ1n) is 11.3. The van der Waals surface area contributed by atoms with Crippen LogP contribution in [0.15, 0.2) is 53.2 Å². The number of benzene rings is 2. The standard InChI is InChI=1S/C25H22ClF2N5O2/c1-14-4-2-11-33(19(14)13-31-25-32-18-12-15(26)5-8-20(18)35-25)24(34)16-6-7-17(27)22(28)21(16)23-29-9-3-10-30-23/h3,5-10,12,14,19H,2,4,11,13H2,1H3,(H,31,32). The van der Waals surface area contributed by atoms with Crippen LogP contribution in [0.2, 0.25) is 5.02 Å². The first kappa shape index (κ1) is 23.2. The Morgan fingerprint density at radius 1 is 1.23 bits per heavy atom. The summed E-state index contributed by atoms with van der Waals surface area (Å²) >= 11 is 6.03. The molecule has 1 aliphatic rings. The molecule has 0 aliphatic carbocycles. The normalized spacial score (nSPS) is 18.1. The third-order valence-electron chi connectivity index (χ3n) is 6.30. The fourth-order valence-electron chi connectivity index (χ4n) is 4.51. The Balaban J connectivity index is 1.44. The highest BCUT2D eigenvalue weighted by Crippen LogP contribution is 2.31. The van der Waals surface area contributed by atoms with Crippen molar-refractivity contribution in [3.8, 4) is 11.4 Å². The average Bonchev–Trinajstić information content (AvgIpc) is 3.26. The van der Waals surface area contributed by atoms with Gasteiger partial charge in [0.2, 0.25) is 0 Å². The molecule has 7 nitrogen and oxygen atoms in total. The van der Waals surface area contributed by atoms with E-state index in [1.165, 1.54) is 18.5 Å². The number of carbonyl (C=O) groups is 1. The third-order valence-corrected chi connectivity index (χ3v) is 6.54. The number of fused-ring (bicyclic) bond motifs is 1. The molecular weight excluding hydrogens is 476 g/mol. The minimum atomic E-state index is -1.15. The van der Waals surface area contributed by atoms with Crippen LogP contribution in [-0.4, -0.2) is 44.9 Å². The molecule has 2 unspecified atom stereocenters. The minimum absolute atomic E-state index is 0.0192. The van der Waals surface area contributed by atoms with Gasteiger partial charge in [0.1, 0.15) is 5.52 Å². The number of hydrogen-bond donors (Lipinski definition) is 1. The van der Waals surface area contributed by atoms with E-state index in [1.807, 2.05) is 0 Å². The van der Waals surface area contributed by atoms with Crippen molar-refractivity contribution >= 4 is 34.6 Å². The summed E-state index contributed by atoms with van der Waals surface area (Å²) in [7, 11) is 0. The van der Waals surface area contributed by atoms with Crippen molar-refractivity contribution in [1.29, 1.82) is 0 Å². The number of aromatic nitrogens is 3. The van der Waals surface area contributed by atoms with Crippen LogP contribution >= 0.6 is 11.6 Å². The van der Waals surface area contributed by atoms with Crippen molar-refractivity contribution in [3.05, 3.63) is 71.0 Å². The number of halogens is 3. The molecular formula is C25H22ClF2N5O2. The number of oxazole rings is 1. The van der Waals surface area contributed by atoms with Gasteiger partial charge in [-0.25, -0.2) is 18.7 Å². The Morgan fingerprint density at radius 3 is 2.83 bits per heavy atom. The number of hydrogen-bond acceptors (Lipinski definition) is 6. The first-order chi connectivity index (χ1) is 16.9. The third kappa shape index (κ3) is 4.55. The van der Waals surface area contributed by atoms with Crippen LogP contribution in [-0.2, 0) is 0 Å². The van der Waals surface area contributed by atoms with Crippen LogP contribution in [0.5, 0.6) is 0 Å². The van der Waals surface area contributed by atoms with Gasteiger partial charge in [-0.15, -0.1) is 0 Å². The molecule has 0 saturated carbocycles. The van der Waals surface area contributed by atoms with Crippen LogP contribution in [0.4, 0.5) is 14.8 Å². The molecule has 0 spiro atoms. The minimum Gasteiger partial charge on any atom is -0.424 e. The Bertz CT molecular complexity index is 1380. The Hall–Kier alpha value is -3.59. The van der Waals surface area contributed by atoms with Gasteiger partial charge < -0.3 is 14.6 Å². The van der Waals surface area contributed by atoms with E-state index in [0.717, 1.165) is 18.9 Å². The number of anilines is 1. The number of carbonyl (C=O) groups excluding carboxylic acids is 1. The summed E-state index contributed by atoms with van der Waals surface area (Å²) < 4.78 is 34.7. The topological polar surface area (TPSA) is 84.2 Å². The van der Waals surface area contributed by atoms with Gasteiger partial charge in [0.25, 0.3) is 11.9 Å². The number of rotatable bonds is 5. The number of likely N-dealkylation sites (tertiary alicyclic amines) is 1. The van der Waals surface area contributed by atoms with Crippen LogP contribution in [0.3, 0.4) is 0 Å². The quantitative estimate of drug-likeness (QED) is 0.388. The van der Waals surface area contributed by atoms with Gasteiger partial charge >= 0.3 is 0 Å². The van der Waals surface area contributed by atoms with Gasteiger partial charge in [-0.2, -0.15) is 4.98 Å². The van der Waals surface area contributed by atoms with Crippen molar-refractivity contribution in [2.45, 2.75) is 25.8 Å². The lowest BCUT2D eigenvalue weighted by Crippen LogP contribution is -2.51. The zero-order valence-electron chi connectivity index (χ0n) is 18.8. The fourth-order valence-corrected chi connectivity index (χ4v) is 4.68. The molecule has 2 aromatic heterocycles. The molecule has 1 fully saturated rings. The highest BCUT2D eigenvalue weighted by molar-refractivity contribution is 6.31. The molecule has 180 valence electrons. The lowest BCUT2D eigenvalue weighted by atomic mass is 9.89. The molecule has 5 rings (SSSR count). The molecule has 0 bridgehead atoms. The van der Waals surface area contributed by atoms with E-state index in [2.05, 4.69) is 27.2 Å². The summed E-state index contributed by atoms with van der Waals surface area (Å²) in [5.41, 5.74) is 0.997. The number of amides is 1. The molecule has 4 aromatic rings. The van der Waals surface area contributed by atoms with Gasteiger partial charge in [0.15, 0.2) is 23.0 Å². The maximum atomic E-state index is 14.9. The van der Waals surface area contributed by atoms with Crippen LogP contribution in [0.1, 0.15) is 30.1 Å². The first-order valence-corrected chi connectivity index (χ1v) is 11.7. The maximum absolute atomic E-state index is 14.9. The fraction of sp³-hybridized carbons (Fsp3) is 0.280. The second-order valence-corrected chi connectivity index (χ2v) is 8.99. The van der Waals surface area contributed by atoms with E-state index in [4.69, 9.17) is 16.0 Å². The second kappa shape index (κ2) is 9.58. The highest BCUT2D eigenvalue weighted by Gasteiger charge is 2.34. The Morgan fingerprint density at radius 2 is 2.03 bits per heavy atom. The van der Waals surface area contributed by atoms with E-state index < -0.39 is 17.5 Å². The van der Waals surface area contributed by atoms with Gasteiger partial charge in [-0.1, -0.05) is 18.5 Å². The molecule has 1 saturated heterocycles. The average molecular weight is 498 g/mol. The summed E-state index contributed by atoms with van der Waals surface area (Å²) in [6.07, 6.45) is 4.56. The van der Waals surface area contributed by atoms with E-state index in [9.17, 15) is 13.6 Å². The monoisotopic (exact) mass is 497 g/mol. The smallest absolute Gasteiger partial charge is 0.295 e. The predicted octanol–water partition coefficient (Wildman–Crippen LogP) is 5.57. The molecule has 35 heavy (non-hydrogen) atoms. The number of piperidine rings is 1. The van der Waals surface area contributed by atoms with Gasteiger partial charge in [0.05, 0.1) is 17.2 Å². The summed E-state index contributed by atoms with van der Waals surface area (Å²) in [5.74, 6) is -2.51. The zero-order chi connectivity index (χ0) is 24.5.